The third-order valence-electron chi connectivity index (χ3n) is 6.06. The standard InChI is InChI=1S/C23H26BNO4S/c1-22(2)23(3,4)29-24(28-22)16-9-7-10-17(15-16)30-14-8-13-25-20(26)18-11-5-6-12-19(18)21(25)27/h5-7,9-12,15H,8,13-14H2,1-4H3. The van der Waals surface area contributed by atoms with Crippen LogP contribution in [0.25, 0.3) is 0 Å². The largest absolute Gasteiger partial charge is 0.494 e. The second kappa shape index (κ2) is 7.87. The highest BCUT2D eigenvalue weighted by molar-refractivity contribution is 7.99. The fourth-order valence-electron chi connectivity index (χ4n) is 3.58. The van der Waals surface area contributed by atoms with Gasteiger partial charge in [0, 0.05) is 11.4 Å². The molecule has 2 aliphatic heterocycles. The number of benzene rings is 2. The summed E-state index contributed by atoms with van der Waals surface area (Å²) in [5.41, 5.74) is 1.27. The monoisotopic (exact) mass is 423 g/mol. The van der Waals surface area contributed by atoms with Gasteiger partial charge in [-0.2, -0.15) is 0 Å². The van der Waals surface area contributed by atoms with Gasteiger partial charge < -0.3 is 9.31 Å². The summed E-state index contributed by atoms with van der Waals surface area (Å²) in [6.07, 6.45) is 0.733. The van der Waals surface area contributed by atoms with E-state index in [-0.39, 0.29) is 30.1 Å². The van der Waals surface area contributed by atoms with Crippen LogP contribution in [0, 0.1) is 0 Å². The van der Waals surface area contributed by atoms with E-state index in [2.05, 4.69) is 12.1 Å². The maximum Gasteiger partial charge on any atom is 0.494 e. The fraction of sp³-hybridized carbons (Fsp3) is 0.391. The van der Waals surface area contributed by atoms with E-state index in [1.54, 1.807) is 36.0 Å². The summed E-state index contributed by atoms with van der Waals surface area (Å²) in [4.78, 5) is 27.3. The quantitative estimate of drug-likeness (QED) is 0.307. The first-order chi connectivity index (χ1) is 14.2. The predicted molar refractivity (Wildman–Crippen MR) is 119 cm³/mol. The number of rotatable bonds is 6. The molecule has 30 heavy (non-hydrogen) atoms. The van der Waals surface area contributed by atoms with Crippen molar-refractivity contribution in [1.29, 1.82) is 0 Å². The minimum Gasteiger partial charge on any atom is -0.399 e. The van der Waals surface area contributed by atoms with E-state index in [1.165, 1.54) is 4.90 Å². The summed E-state index contributed by atoms with van der Waals surface area (Å²) in [6, 6.07) is 15.2. The number of hydrogen-bond donors (Lipinski definition) is 0. The number of thioether (sulfide) groups is 1. The van der Waals surface area contributed by atoms with Gasteiger partial charge in [0.25, 0.3) is 11.8 Å². The van der Waals surface area contributed by atoms with Gasteiger partial charge in [0.05, 0.1) is 22.3 Å². The molecule has 4 rings (SSSR count). The van der Waals surface area contributed by atoms with Gasteiger partial charge in [-0.05, 0) is 69.6 Å². The summed E-state index contributed by atoms with van der Waals surface area (Å²) >= 11 is 1.70. The van der Waals surface area contributed by atoms with Crippen LogP contribution in [0.4, 0.5) is 0 Å². The second-order valence-corrected chi connectivity index (χ2v) is 9.84. The lowest BCUT2D eigenvalue weighted by Crippen LogP contribution is -2.41. The number of amides is 2. The van der Waals surface area contributed by atoms with Crippen molar-refractivity contribution in [3.63, 3.8) is 0 Å². The normalized spacial score (nSPS) is 19.5. The van der Waals surface area contributed by atoms with Gasteiger partial charge in [-0.1, -0.05) is 24.3 Å². The summed E-state index contributed by atoms with van der Waals surface area (Å²) in [6.45, 7) is 8.61. The number of carbonyl (C=O) groups excluding carboxylic acids is 2. The minimum atomic E-state index is -0.381. The Morgan fingerprint density at radius 2 is 1.50 bits per heavy atom. The second-order valence-electron chi connectivity index (χ2n) is 8.67. The van der Waals surface area contributed by atoms with Gasteiger partial charge in [0.1, 0.15) is 0 Å². The van der Waals surface area contributed by atoms with Crippen LogP contribution >= 0.6 is 11.8 Å². The molecule has 5 nitrogen and oxygen atoms in total. The van der Waals surface area contributed by atoms with E-state index in [0.29, 0.717) is 17.7 Å². The van der Waals surface area contributed by atoms with Crippen LogP contribution < -0.4 is 5.46 Å². The lowest BCUT2D eigenvalue weighted by atomic mass is 9.79. The van der Waals surface area contributed by atoms with E-state index < -0.39 is 0 Å². The van der Waals surface area contributed by atoms with E-state index in [4.69, 9.17) is 9.31 Å². The van der Waals surface area contributed by atoms with Gasteiger partial charge in [-0.15, -0.1) is 11.8 Å². The Labute approximate surface area is 182 Å². The molecule has 156 valence electrons. The number of imide groups is 1. The Balaban J connectivity index is 1.32. The van der Waals surface area contributed by atoms with Crippen LogP contribution in [0.1, 0.15) is 54.8 Å². The van der Waals surface area contributed by atoms with Crippen LogP contribution in [0.2, 0.25) is 0 Å². The molecule has 0 aromatic heterocycles. The van der Waals surface area contributed by atoms with Crippen molar-refractivity contribution >= 4 is 36.2 Å². The van der Waals surface area contributed by atoms with Crippen LogP contribution in [0.5, 0.6) is 0 Å². The van der Waals surface area contributed by atoms with Crippen LogP contribution in [0.15, 0.2) is 53.4 Å². The molecule has 0 unspecified atom stereocenters. The Bertz CT molecular complexity index is 940. The van der Waals surface area contributed by atoms with Crippen molar-refractivity contribution in [1.82, 2.24) is 4.90 Å². The average molecular weight is 423 g/mol. The maximum absolute atomic E-state index is 12.4. The lowest BCUT2D eigenvalue weighted by Gasteiger charge is -2.32. The minimum absolute atomic E-state index is 0.191. The zero-order valence-corrected chi connectivity index (χ0v) is 18.6. The van der Waals surface area contributed by atoms with Crippen LogP contribution in [-0.4, -0.2) is 47.3 Å². The topological polar surface area (TPSA) is 55.8 Å². The van der Waals surface area contributed by atoms with E-state index in [0.717, 1.165) is 22.5 Å². The molecule has 1 fully saturated rings. The van der Waals surface area contributed by atoms with Crippen molar-refractivity contribution in [2.45, 2.75) is 50.2 Å². The smallest absolute Gasteiger partial charge is 0.399 e. The molecule has 0 spiro atoms. The molecule has 0 bridgehead atoms. The molecule has 1 saturated heterocycles. The Hall–Kier alpha value is -2.09. The predicted octanol–water partition coefficient (Wildman–Crippen LogP) is 3.76. The molecule has 0 radical (unpaired) electrons. The highest BCUT2D eigenvalue weighted by atomic mass is 32.2. The molecule has 0 atom stereocenters. The summed E-state index contributed by atoms with van der Waals surface area (Å²) in [7, 11) is -0.381. The van der Waals surface area contributed by atoms with E-state index in [9.17, 15) is 9.59 Å². The van der Waals surface area contributed by atoms with E-state index in [1.807, 2.05) is 39.8 Å². The van der Waals surface area contributed by atoms with Gasteiger partial charge >= 0.3 is 7.12 Å². The van der Waals surface area contributed by atoms with Gasteiger partial charge in [-0.3, -0.25) is 14.5 Å². The van der Waals surface area contributed by atoms with Gasteiger partial charge in [0.15, 0.2) is 0 Å². The molecule has 7 heteroatoms. The van der Waals surface area contributed by atoms with Gasteiger partial charge in [-0.25, -0.2) is 0 Å². The molecule has 2 heterocycles. The highest BCUT2D eigenvalue weighted by Gasteiger charge is 2.51. The average Bonchev–Trinajstić information content (AvgIpc) is 3.08. The van der Waals surface area contributed by atoms with E-state index >= 15 is 0 Å². The van der Waals surface area contributed by atoms with Crippen molar-refractivity contribution < 1.29 is 18.9 Å². The number of fused-ring (bicyclic) bond motifs is 1. The number of hydrogen-bond acceptors (Lipinski definition) is 5. The first kappa shape index (κ1) is 21.2. The molecule has 2 amide bonds. The Kier molecular flexibility index (Phi) is 5.55. The Morgan fingerprint density at radius 1 is 0.900 bits per heavy atom. The fourth-order valence-corrected chi connectivity index (χ4v) is 4.49. The van der Waals surface area contributed by atoms with Crippen molar-refractivity contribution in [2.24, 2.45) is 0 Å². The van der Waals surface area contributed by atoms with Crippen LogP contribution in [0.3, 0.4) is 0 Å². The summed E-state index contributed by atoms with van der Waals surface area (Å²) < 4.78 is 12.3. The SMILES string of the molecule is CC1(C)OB(c2cccc(SCCCN3C(=O)c4ccccc4C3=O)c2)OC1(C)C. The first-order valence-electron chi connectivity index (χ1n) is 10.2. The molecular weight excluding hydrogens is 397 g/mol. The molecular formula is C23H26BNO4S. The Morgan fingerprint density at radius 3 is 2.10 bits per heavy atom. The lowest BCUT2D eigenvalue weighted by molar-refractivity contribution is 0.00578. The first-order valence-corrected chi connectivity index (χ1v) is 11.2. The summed E-state index contributed by atoms with van der Waals surface area (Å²) in [5.74, 6) is 0.423. The summed E-state index contributed by atoms with van der Waals surface area (Å²) in [5, 5.41) is 0. The molecule has 2 aromatic rings. The van der Waals surface area contributed by atoms with Gasteiger partial charge in [0.2, 0.25) is 0 Å². The zero-order chi connectivity index (χ0) is 21.5. The van der Waals surface area contributed by atoms with Crippen molar-refractivity contribution in [3.8, 4) is 0 Å². The third-order valence-corrected chi connectivity index (χ3v) is 7.14. The van der Waals surface area contributed by atoms with Crippen LogP contribution in [-0.2, 0) is 9.31 Å². The molecule has 0 saturated carbocycles. The zero-order valence-electron chi connectivity index (χ0n) is 17.8. The molecule has 0 aliphatic carbocycles. The molecule has 2 aliphatic rings. The van der Waals surface area contributed by atoms with Crippen molar-refractivity contribution in [2.75, 3.05) is 12.3 Å². The maximum atomic E-state index is 12.4. The highest BCUT2D eigenvalue weighted by Crippen LogP contribution is 2.36. The molecule has 0 N–H and O–H groups in total. The van der Waals surface area contributed by atoms with Crippen molar-refractivity contribution in [3.05, 3.63) is 59.7 Å². The number of carbonyl (C=O) groups is 2. The molecule has 2 aromatic carbocycles. The number of nitrogens with zero attached hydrogens (tertiary/aromatic N) is 1. The third kappa shape index (κ3) is 3.82.